The Bertz CT molecular complexity index is 835. The number of thioether (sulfide) groups is 1. The van der Waals surface area contributed by atoms with Crippen LogP contribution in [-0.2, 0) is 17.8 Å². The highest BCUT2D eigenvalue weighted by atomic mass is 32.2. The van der Waals surface area contributed by atoms with Gasteiger partial charge in [-0.1, -0.05) is 24.3 Å². The maximum Gasteiger partial charge on any atom is 0.262 e. The molecule has 6 heteroatoms. The van der Waals surface area contributed by atoms with Crippen LogP contribution in [0, 0.1) is 0 Å². The first kappa shape index (κ1) is 21.3. The lowest BCUT2D eigenvalue weighted by Crippen LogP contribution is -2.32. The van der Waals surface area contributed by atoms with Crippen LogP contribution in [0.25, 0.3) is 0 Å². The molecule has 1 amide bonds. The quantitative estimate of drug-likeness (QED) is 0.631. The van der Waals surface area contributed by atoms with E-state index in [-0.39, 0.29) is 12.5 Å². The third-order valence-electron chi connectivity index (χ3n) is 4.69. The summed E-state index contributed by atoms with van der Waals surface area (Å²) in [6, 6.07) is 13.7. The lowest BCUT2D eigenvalue weighted by molar-refractivity contribution is -0.118. The molecule has 0 atom stereocenters. The summed E-state index contributed by atoms with van der Waals surface area (Å²) in [5, 5.41) is 2.92. The van der Waals surface area contributed by atoms with Crippen molar-refractivity contribution in [2.75, 3.05) is 43.6 Å². The molecule has 1 heterocycles. The highest BCUT2D eigenvalue weighted by Crippen LogP contribution is 2.28. The van der Waals surface area contributed by atoms with Crippen molar-refractivity contribution in [2.45, 2.75) is 13.0 Å². The predicted molar refractivity (Wildman–Crippen MR) is 120 cm³/mol. The average Bonchev–Trinajstić information content (AvgIpc) is 2.74. The fourth-order valence-electron chi connectivity index (χ4n) is 3.23. The Morgan fingerprint density at radius 1 is 1.17 bits per heavy atom. The standard InChI is InChI=1S/C23H28N2O3S/c1-3-5-18-8-9-21(22(15-18)27-2)28-17-23(26)24-20-7-4-6-19(14-20)16-25-10-12-29-13-11-25/h3-4,6-9,14-15H,1,5,10-13,16-17H2,2H3,(H,24,26). The van der Waals surface area contributed by atoms with E-state index in [2.05, 4.69) is 22.9 Å². The number of hydrogen-bond donors (Lipinski definition) is 1. The molecule has 0 bridgehead atoms. The second kappa shape index (κ2) is 10.9. The van der Waals surface area contributed by atoms with Crippen molar-refractivity contribution in [3.05, 3.63) is 66.2 Å². The lowest BCUT2D eigenvalue weighted by atomic mass is 10.1. The molecule has 1 N–H and O–H groups in total. The summed E-state index contributed by atoms with van der Waals surface area (Å²) >= 11 is 2.00. The Labute approximate surface area is 177 Å². The van der Waals surface area contributed by atoms with Crippen LogP contribution in [0.15, 0.2) is 55.1 Å². The molecule has 2 aromatic rings. The third kappa shape index (κ3) is 6.54. The van der Waals surface area contributed by atoms with Crippen molar-refractivity contribution < 1.29 is 14.3 Å². The number of hydrogen-bond acceptors (Lipinski definition) is 5. The summed E-state index contributed by atoms with van der Waals surface area (Å²) in [5.41, 5.74) is 3.07. The van der Waals surface area contributed by atoms with Crippen molar-refractivity contribution in [1.29, 1.82) is 0 Å². The van der Waals surface area contributed by atoms with Crippen molar-refractivity contribution in [2.24, 2.45) is 0 Å². The number of carbonyl (C=O) groups is 1. The van der Waals surface area contributed by atoms with Crippen LogP contribution >= 0.6 is 11.8 Å². The van der Waals surface area contributed by atoms with Gasteiger partial charge in [0.05, 0.1) is 7.11 Å². The first-order valence-corrected chi connectivity index (χ1v) is 10.9. The van der Waals surface area contributed by atoms with E-state index in [1.54, 1.807) is 7.11 Å². The molecule has 0 saturated carbocycles. The summed E-state index contributed by atoms with van der Waals surface area (Å²) in [5.74, 6) is 3.33. The van der Waals surface area contributed by atoms with Crippen LogP contribution in [0.2, 0.25) is 0 Å². The Morgan fingerprint density at radius 2 is 2.00 bits per heavy atom. The molecule has 1 fully saturated rings. The van der Waals surface area contributed by atoms with E-state index >= 15 is 0 Å². The fraction of sp³-hybridized carbons (Fsp3) is 0.348. The van der Waals surface area contributed by atoms with Gasteiger partial charge in [0.25, 0.3) is 5.91 Å². The molecule has 2 aromatic carbocycles. The second-order valence-corrected chi connectivity index (χ2v) is 8.13. The van der Waals surface area contributed by atoms with E-state index in [1.165, 1.54) is 17.1 Å². The van der Waals surface area contributed by atoms with Crippen molar-refractivity contribution >= 4 is 23.4 Å². The van der Waals surface area contributed by atoms with Gasteiger partial charge in [-0.3, -0.25) is 9.69 Å². The third-order valence-corrected chi connectivity index (χ3v) is 5.63. The summed E-state index contributed by atoms with van der Waals surface area (Å²) in [4.78, 5) is 14.8. The summed E-state index contributed by atoms with van der Waals surface area (Å²) < 4.78 is 11.0. The molecule has 3 rings (SSSR count). The molecular weight excluding hydrogens is 384 g/mol. The van der Waals surface area contributed by atoms with Crippen LogP contribution < -0.4 is 14.8 Å². The van der Waals surface area contributed by atoms with Gasteiger partial charge in [0.2, 0.25) is 0 Å². The SMILES string of the molecule is C=CCc1ccc(OCC(=O)Nc2cccc(CN3CCSCC3)c2)c(OC)c1. The Hall–Kier alpha value is -2.44. The summed E-state index contributed by atoms with van der Waals surface area (Å²) in [6.45, 7) is 6.80. The number of methoxy groups -OCH3 is 1. The van der Waals surface area contributed by atoms with Gasteiger partial charge in [0.15, 0.2) is 18.1 Å². The fourth-order valence-corrected chi connectivity index (χ4v) is 4.21. The number of anilines is 1. The maximum absolute atomic E-state index is 12.4. The molecule has 0 aliphatic carbocycles. The minimum Gasteiger partial charge on any atom is -0.493 e. The van der Waals surface area contributed by atoms with Crippen LogP contribution in [0.5, 0.6) is 11.5 Å². The van der Waals surface area contributed by atoms with Gasteiger partial charge >= 0.3 is 0 Å². The van der Waals surface area contributed by atoms with E-state index in [4.69, 9.17) is 9.47 Å². The van der Waals surface area contributed by atoms with Gasteiger partial charge < -0.3 is 14.8 Å². The maximum atomic E-state index is 12.4. The normalized spacial score (nSPS) is 14.2. The van der Waals surface area contributed by atoms with Crippen LogP contribution in [0.4, 0.5) is 5.69 Å². The number of benzene rings is 2. The van der Waals surface area contributed by atoms with E-state index in [9.17, 15) is 4.79 Å². The van der Waals surface area contributed by atoms with Gasteiger partial charge in [0, 0.05) is 36.8 Å². The smallest absolute Gasteiger partial charge is 0.262 e. The van der Waals surface area contributed by atoms with E-state index < -0.39 is 0 Å². The highest BCUT2D eigenvalue weighted by Gasteiger charge is 2.12. The summed E-state index contributed by atoms with van der Waals surface area (Å²) in [7, 11) is 1.59. The molecule has 0 unspecified atom stereocenters. The van der Waals surface area contributed by atoms with Crippen LogP contribution in [-0.4, -0.2) is 49.1 Å². The van der Waals surface area contributed by atoms with Gasteiger partial charge in [-0.15, -0.1) is 6.58 Å². The van der Waals surface area contributed by atoms with E-state index in [1.807, 2.05) is 54.2 Å². The molecular formula is C23H28N2O3S. The molecule has 0 spiro atoms. The Kier molecular flexibility index (Phi) is 8.02. The number of nitrogens with one attached hydrogen (secondary N) is 1. The van der Waals surface area contributed by atoms with Gasteiger partial charge in [-0.2, -0.15) is 11.8 Å². The molecule has 0 radical (unpaired) electrons. The number of carbonyl (C=O) groups excluding carboxylic acids is 1. The van der Waals surface area contributed by atoms with E-state index in [0.29, 0.717) is 11.5 Å². The van der Waals surface area contributed by atoms with Gasteiger partial charge in [-0.05, 0) is 41.8 Å². The minimum atomic E-state index is -0.200. The number of amides is 1. The molecule has 0 aromatic heterocycles. The Morgan fingerprint density at radius 3 is 2.76 bits per heavy atom. The average molecular weight is 413 g/mol. The van der Waals surface area contributed by atoms with Crippen molar-refractivity contribution in [1.82, 2.24) is 4.90 Å². The van der Waals surface area contributed by atoms with Gasteiger partial charge in [-0.25, -0.2) is 0 Å². The van der Waals surface area contributed by atoms with Gasteiger partial charge in [0.1, 0.15) is 0 Å². The number of ether oxygens (including phenoxy) is 2. The number of allylic oxidation sites excluding steroid dienone is 1. The van der Waals surface area contributed by atoms with Crippen molar-refractivity contribution in [3.63, 3.8) is 0 Å². The van der Waals surface area contributed by atoms with Crippen LogP contribution in [0.1, 0.15) is 11.1 Å². The molecule has 5 nitrogen and oxygen atoms in total. The minimum absolute atomic E-state index is 0.0786. The molecule has 29 heavy (non-hydrogen) atoms. The first-order chi connectivity index (χ1) is 14.2. The molecule has 1 saturated heterocycles. The van der Waals surface area contributed by atoms with Crippen LogP contribution in [0.3, 0.4) is 0 Å². The topological polar surface area (TPSA) is 50.8 Å². The number of nitrogens with zero attached hydrogens (tertiary/aromatic N) is 1. The Balaban J connectivity index is 1.54. The molecule has 1 aliphatic heterocycles. The predicted octanol–water partition coefficient (Wildman–Crippen LogP) is 3.99. The lowest BCUT2D eigenvalue weighted by Gasteiger charge is -2.26. The molecule has 154 valence electrons. The van der Waals surface area contributed by atoms with E-state index in [0.717, 1.165) is 37.3 Å². The zero-order chi connectivity index (χ0) is 20.5. The highest BCUT2D eigenvalue weighted by molar-refractivity contribution is 7.99. The summed E-state index contributed by atoms with van der Waals surface area (Å²) in [6.07, 6.45) is 2.59. The zero-order valence-electron chi connectivity index (χ0n) is 16.9. The molecule has 1 aliphatic rings. The zero-order valence-corrected chi connectivity index (χ0v) is 17.7. The monoisotopic (exact) mass is 412 g/mol. The first-order valence-electron chi connectivity index (χ1n) is 9.77. The largest absolute Gasteiger partial charge is 0.493 e. The number of rotatable bonds is 9. The van der Waals surface area contributed by atoms with Crippen molar-refractivity contribution in [3.8, 4) is 11.5 Å². The second-order valence-electron chi connectivity index (χ2n) is 6.90.